The van der Waals surface area contributed by atoms with Crippen LogP contribution in [0.4, 0.5) is 5.69 Å². The Hall–Kier alpha value is -2.53. The van der Waals surface area contributed by atoms with Gasteiger partial charge in [-0.2, -0.15) is 0 Å². The fourth-order valence-electron chi connectivity index (χ4n) is 5.36. The number of carbonyl (C=O) groups is 1. The second kappa shape index (κ2) is 10.4. The molecule has 0 radical (unpaired) electrons. The lowest BCUT2D eigenvalue weighted by atomic mass is 9.73. The van der Waals surface area contributed by atoms with Crippen molar-refractivity contribution >= 4 is 11.7 Å². The van der Waals surface area contributed by atoms with Crippen LogP contribution in [0.25, 0.3) is 0 Å². The summed E-state index contributed by atoms with van der Waals surface area (Å²) in [6, 6.07) is 19.4. The highest BCUT2D eigenvalue weighted by molar-refractivity contribution is 5.77. The Labute approximate surface area is 192 Å². The van der Waals surface area contributed by atoms with Crippen LogP contribution in [-0.4, -0.2) is 56.8 Å². The van der Waals surface area contributed by atoms with Crippen LogP contribution in [0.5, 0.6) is 5.75 Å². The van der Waals surface area contributed by atoms with Crippen LogP contribution in [0.3, 0.4) is 0 Å². The lowest BCUT2D eigenvalue weighted by molar-refractivity contribution is -0.159. The molecule has 2 aliphatic heterocycles. The van der Waals surface area contributed by atoms with Crippen LogP contribution in [0.15, 0.2) is 54.6 Å². The molecule has 0 bridgehead atoms. The standard InChI is InChI=1S/C27H36N2O3/c1-3-32-26(30)27(21-22-8-7-11-25(20-22)31-2)14-18-29(19-15-27)24-12-16-28(17-13-24)23-9-5-4-6-10-23/h4-11,20,24H,3,12-19,21H2,1-2H3. The second-order valence-corrected chi connectivity index (χ2v) is 9.12. The average molecular weight is 437 g/mol. The molecule has 0 saturated carbocycles. The van der Waals surface area contributed by atoms with E-state index in [-0.39, 0.29) is 5.97 Å². The number of benzene rings is 2. The zero-order chi connectivity index (χ0) is 22.4. The molecule has 172 valence electrons. The summed E-state index contributed by atoms with van der Waals surface area (Å²) in [4.78, 5) is 18.2. The number of likely N-dealkylation sites (tertiary alicyclic amines) is 1. The van der Waals surface area contributed by atoms with Crippen molar-refractivity contribution < 1.29 is 14.3 Å². The monoisotopic (exact) mass is 436 g/mol. The Morgan fingerprint density at radius 1 is 1.00 bits per heavy atom. The summed E-state index contributed by atoms with van der Waals surface area (Å²) in [6.45, 7) is 6.43. The fraction of sp³-hybridized carbons (Fsp3) is 0.519. The summed E-state index contributed by atoms with van der Waals surface area (Å²) in [5.41, 5.74) is 2.02. The van der Waals surface area contributed by atoms with Crippen LogP contribution < -0.4 is 9.64 Å². The number of rotatable bonds is 7. The van der Waals surface area contributed by atoms with Gasteiger partial charge in [-0.3, -0.25) is 4.79 Å². The number of anilines is 1. The Morgan fingerprint density at radius 2 is 1.72 bits per heavy atom. The predicted octanol–water partition coefficient (Wildman–Crippen LogP) is 4.55. The molecule has 5 heteroatoms. The van der Waals surface area contributed by atoms with E-state index in [0.29, 0.717) is 19.1 Å². The van der Waals surface area contributed by atoms with Gasteiger partial charge < -0.3 is 19.3 Å². The minimum absolute atomic E-state index is 0.0404. The molecule has 4 rings (SSSR count). The molecule has 0 amide bonds. The molecule has 0 unspecified atom stereocenters. The molecule has 0 atom stereocenters. The van der Waals surface area contributed by atoms with Gasteiger partial charge in [-0.15, -0.1) is 0 Å². The molecular formula is C27H36N2O3. The molecule has 2 fully saturated rings. The summed E-state index contributed by atoms with van der Waals surface area (Å²) in [6.07, 6.45) is 4.77. The number of ether oxygens (including phenoxy) is 2. The van der Waals surface area contributed by atoms with Crippen LogP contribution in [0, 0.1) is 5.41 Å². The number of piperidine rings is 2. The smallest absolute Gasteiger partial charge is 0.312 e. The van der Waals surface area contributed by atoms with E-state index in [1.807, 2.05) is 25.1 Å². The minimum Gasteiger partial charge on any atom is -0.497 e. The largest absolute Gasteiger partial charge is 0.497 e. The predicted molar refractivity (Wildman–Crippen MR) is 128 cm³/mol. The van der Waals surface area contributed by atoms with Crippen LogP contribution in [0.1, 0.15) is 38.2 Å². The first-order valence-electron chi connectivity index (χ1n) is 12.0. The van der Waals surface area contributed by atoms with Gasteiger partial charge in [0.2, 0.25) is 0 Å². The highest BCUT2D eigenvalue weighted by Gasteiger charge is 2.44. The van der Waals surface area contributed by atoms with E-state index in [4.69, 9.17) is 9.47 Å². The van der Waals surface area contributed by atoms with Gasteiger partial charge in [-0.1, -0.05) is 30.3 Å². The molecule has 0 aromatic heterocycles. The van der Waals surface area contributed by atoms with Gasteiger partial charge in [0.1, 0.15) is 5.75 Å². The van der Waals surface area contributed by atoms with Crippen LogP contribution in [-0.2, 0) is 16.0 Å². The van der Waals surface area contributed by atoms with Crippen LogP contribution in [0.2, 0.25) is 0 Å². The first kappa shape index (κ1) is 22.7. The topological polar surface area (TPSA) is 42.0 Å². The Bertz CT molecular complexity index is 869. The molecule has 2 aromatic carbocycles. The number of nitrogens with zero attached hydrogens (tertiary/aromatic N) is 2. The molecule has 2 aromatic rings. The summed E-state index contributed by atoms with van der Waals surface area (Å²) in [5.74, 6) is 0.797. The zero-order valence-corrected chi connectivity index (χ0v) is 19.5. The van der Waals surface area contributed by atoms with Crippen molar-refractivity contribution in [2.75, 3.05) is 44.8 Å². The number of methoxy groups -OCH3 is 1. The zero-order valence-electron chi connectivity index (χ0n) is 19.5. The maximum absolute atomic E-state index is 13.1. The van der Waals surface area contributed by atoms with Gasteiger partial charge in [0.15, 0.2) is 0 Å². The molecule has 0 spiro atoms. The molecule has 0 aliphatic carbocycles. The van der Waals surface area contributed by atoms with Crippen LogP contribution >= 0.6 is 0 Å². The number of esters is 1. The van der Waals surface area contributed by atoms with Gasteiger partial charge in [0.05, 0.1) is 19.1 Å². The maximum atomic E-state index is 13.1. The minimum atomic E-state index is -0.441. The first-order valence-corrected chi connectivity index (χ1v) is 12.0. The van der Waals surface area contributed by atoms with E-state index in [9.17, 15) is 4.79 Å². The van der Waals surface area contributed by atoms with Crippen molar-refractivity contribution in [3.63, 3.8) is 0 Å². The lowest BCUT2D eigenvalue weighted by Gasteiger charge is -2.45. The molecule has 5 nitrogen and oxygen atoms in total. The highest BCUT2D eigenvalue weighted by Crippen LogP contribution is 2.39. The van der Waals surface area contributed by atoms with Gasteiger partial charge >= 0.3 is 5.97 Å². The SMILES string of the molecule is CCOC(=O)C1(Cc2cccc(OC)c2)CCN(C2CCN(c3ccccc3)CC2)CC1. The Morgan fingerprint density at radius 3 is 2.38 bits per heavy atom. The summed E-state index contributed by atoms with van der Waals surface area (Å²) >= 11 is 0. The third-order valence-corrected chi connectivity index (χ3v) is 7.24. The van der Waals surface area contributed by atoms with Crippen molar-refractivity contribution in [1.29, 1.82) is 0 Å². The molecule has 0 N–H and O–H groups in total. The molecule has 32 heavy (non-hydrogen) atoms. The van der Waals surface area contributed by atoms with E-state index in [1.54, 1.807) is 7.11 Å². The Balaban J connectivity index is 1.38. The fourth-order valence-corrected chi connectivity index (χ4v) is 5.36. The maximum Gasteiger partial charge on any atom is 0.312 e. The quantitative estimate of drug-likeness (QED) is 0.596. The van der Waals surface area contributed by atoms with Crippen molar-refractivity contribution in [2.45, 2.75) is 45.1 Å². The van der Waals surface area contributed by atoms with Crippen molar-refractivity contribution in [1.82, 2.24) is 4.90 Å². The third-order valence-electron chi connectivity index (χ3n) is 7.24. The van der Waals surface area contributed by atoms with Gasteiger partial charge in [0, 0.05) is 24.8 Å². The highest BCUT2D eigenvalue weighted by atomic mass is 16.5. The van der Waals surface area contributed by atoms with Gasteiger partial charge in [-0.25, -0.2) is 0 Å². The van der Waals surface area contributed by atoms with Crippen molar-refractivity contribution in [3.8, 4) is 5.75 Å². The van der Waals surface area contributed by atoms with E-state index < -0.39 is 5.41 Å². The Kier molecular flexibility index (Phi) is 7.36. The van der Waals surface area contributed by atoms with Crippen molar-refractivity contribution in [2.24, 2.45) is 5.41 Å². The van der Waals surface area contributed by atoms with Crippen molar-refractivity contribution in [3.05, 3.63) is 60.2 Å². The number of hydrogen-bond donors (Lipinski definition) is 0. The van der Waals surface area contributed by atoms with Gasteiger partial charge in [0.25, 0.3) is 0 Å². The number of hydrogen-bond acceptors (Lipinski definition) is 5. The summed E-state index contributed by atoms with van der Waals surface area (Å²) < 4.78 is 11.0. The summed E-state index contributed by atoms with van der Waals surface area (Å²) in [5, 5.41) is 0. The molecule has 2 aliphatic rings. The van der Waals surface area contributed by atoms with E-state index in [2.05, 4.69) is 46.2 Å². The number of para-hydroxylation sites is 1. The average Bonchev–Trinajstić information content (AvgIpc) is 2.85. The third kappa shape index (κ3) is 5.09. The van der Waals surface area contributed by atoms with E-state index >= 15 is 0 Å². The molecular weight excluding hydrogens is 400 g/mol. The lowest BCUT2D eigenvalue weighted by Crippen LogP contribution is -2.52. The molecule has 2 heterocycles. The second-order valence-electron chi connectivity index (χ2n) is 9.12. The van der Waals surface area contributed by atoms with E-state index in [0.717, 1.165) is 50.3 Å². The number of carbonyl (C=O) groups excluding carboxylic acids is 1. The first-order chi connectivity index (χ1) is 15.6. The van der Waals surface area contributed by atoms with E-state index in [1.165, 1.54) is 18.5 Å². The van der Waals surface area contributed by atoms with Gasteiger partial charge in [-0.05, 0) is 81.9 Å². The summed E-state index contributed by atoms with van der Waals surface area (Å²) in [7, 11) is 1.68. The normalized spacial score (nSPS) is 19.5. The molecule has 2 saturated heterocycles.